The number of nitrogens with zero attached hydrogens (tertiary/aromatic N) is 4. The maximum atomic E-state index is 12.9. The predicted octanol–water partition coefficient (Wildman–Crippen LogP) is 3.79. The number of para-hydroxylation sites is 1. The zero-order valence-corrected chi connectivity index (χ0v) is 19.2. The van der Waals surface area contributed by atoms with Gasteiger partial charge < -0.3 is 9.80 Å². The number of imide groups is 1. The maximum Gasteiger partial charge on any atom is 0.327 e. The van der Waals surface area contributed by atoms with Gasteiger partial charge in [0.1, 0.15) is 5.54 Å². The number of carbonyl (C=O) groups excluding carboxylic acids is 2. The summed E-state index contributed by atoms with van der Waals surface area (Å²) in [4.78, 5) is 33.7. The van der Waals surface area contributed by atoms with E-state index in [9.17, 15) is 9.59 Å². The summed E-state index contributed by atoms with van der Waals surface area (Å²) < 4.78 is 0. The van der Waals surface area contributed by atoms with Crippen molar-refractivity contribution in [3.05, 3.63) is 66.2 Å². The van der Waals surface area contributed by atoms with Gasteiger partial charge in [-0.1, -0.05) is 55.0 Å². The largest absolute Gasteiger partial charge is 0.369 e. The lowest BCUT2D eigenvalue weighted by atomic mass is 9.90. The number of unbranched alkanes of at least 4 members (excludes halogenated alkanes) is 2. The van der Waals surface area contributed by atoms with Crippen LogP contribution < -0.4 is 4.90 Å². The highest BCUT2D eigenvalue weighted by molar-refractivity contribution is 6.06. The molecule has 0 aliphatic carbocycles. The van der Waals surface area contributed by atoms with Crippen LogP contribution in [0, 0.1) is 0 Å². The van der Waals surface area contributed by atoms with Gasteiger partial charge in [0.05, 0.1) is 0 Å². The van der Waals surface area contributed by atoms with Crippen LogP contribution in [-0.4, -0.2) is 73.0 Å². The monoisotopic (exact) mass is 434 g/mol. The van der Waals surface area contributed by atoms with Crippen LogP contribution in [0.5, 0.6) is 0 Å². The minimum atomic E-state index is -0.916. The van der Waals surface area contributed by atoms with Crippen molar-refractivity contribution in [2.45, 2.75) is 31.7 Å². The molecule has 0 aromatic heterocycles. The Bertz CT molecular complexity index is 912. The summed E-state index contributed by atoms with van der Waals surface area (Å²) >= 11 is 0. The Morgan fingerprint density at radius 1 is 0.781 bits per heavy atom. The van der Waals surface area contributed by atoms with Gasteiger partial charge in [-0.3, -0.25) is 14.6 Å². The molecule has 0 spiro atoms. The average molecular weight is 435 g/mol. The third-order valence-electron chi connectivity index (χ3n) is 6.96. The Balaban J connectivity index is 1.24. The Hall–Kier alpha value is -2.86. The molecule has 0 bridgehead atoms. The molecule has 32 heavy (non-hydrogen) atoms. The molecule has 2 fully saturated rings. The highest BCUT2D eigenvalue weighted by Crippen LogP contribution is 2.36. The molecule has 6 heteroatoms. The summed E-state index contributed by atoms with van der Waals surface area (Å²) in [5.74, 6) is -0.148. The molecule has 3 amide bonds. The van der Waals surface area contributed by atoms with E-state index in [2.05, 4.69) is 40.1 Å². The number of amides is 3. The van der Waals surface area contributed by atoms with Crippen LogP contribution in [-0.2, 0) is 10.3 Å². The van der Waals surface area contributed by atoms with Gasteiger partial charge in [0.25, 0.3) is 5.91 Å². The zero-order chi connectivity index (χ0) is 22.6. The third kappa shape index (κ3) is 4.37. The van der Waals surface area contributed by atoms with Gasteiger partial charge >= 0.3 is 6.03 Å². The van der Waals surface area contributed by atoms with Crippen molar-refractivity contribution < 1.29 is 9.59 Å². The van der Waals surface area contributed by atoms with Crippen LogP contribution in [0.1, 0.15) is 31.7 Å². The molecule has 170 valence electrons. The van der Waals surface area contributed by atoms with Crippen molar-refractivity contribution in [1.82, 2.24) is 14.7 Å². The molecular weight excluding hydrogens is 400 g/mol. The van der Waals surface area contributed by atoms with E-state index in [1.165, 1.54) is 10.6 Å². The Kier molecular flexibility index (Phi) is 6.80. The number of carbonyl (C=O) groups is 2. The average Bonchev–Trinajstić information content (AvgIpc) is 3.01. The molecular formula is C26H34N4O2. The van der Waals surface area contributed by atoms with Crippen LogP contribution in [0.3, 0.4) is 0 Å². The molecule has 6 nitrogen and oxygen atoms in total. The SMILES string of the molecule is CN1C(=O)N(CCCCCN2CCN(c3ccccc3)CC2)C(C)(c2ccccc2)C1=O. The molecule has 4 rings (SSSR count). The highest BCUT2D eigenvalue weighted by atomic mass is 16.2. The first-order chi connectivity index (χ1) is 15.5. The molecule has 2 heterocycles. The van der Waals surface area contributed by atoms with Crippen LogP contribution in [0.4, 0.5) is 10.5 Å². The number of anilines is 1. The Morgan fingerprint density at radius 3 is 2.03 bits per heavy atom. The lowest BCUT2D eigenvalue weighted by Crippen LogP contribution is -2.46. The summed E-state index contributed by atoms with van der Waals surface area (Å²) in [6, 6.07) is 20.1. The van der Waals surface area contributed by atoms with Gasteiger partial charge in [-0.05, 0) is 44.0 Å². The number of rotatable bonds is 8. The van der Waals surface area contributed by atoms with Crippen molar-refractivity contribution in [3.8, 4) is 0 Å². The van der Waals surface area contributed by atoms with Crippen molar-refractivity contribution in [2.75, 3.05) is 51.2 Å². The van der Waals surface area contributed by atoms with Crippen molar-refractivity contribution in [3.63, 3.8) is 0 Å². The molecule has 2 aromatic rings. The number of piperazine rings is 1. The summed E-state index contributed by atoms with van der Waals surface area (Å²) in [7, 11) is 1.58. The minimum Gasteiger partial charge on any atom is -0.369 e. The van der Waals surface area contributed by atoms with Crippen LogP contribution in [0.25, 0.3) is 0 Å². The molecule has 0 N–H and O–H groups in total. The fraction of sp³-hybridized carbons (Fsp3) is 0.462. The predicted molar refractivity (Wildman–Crippen MR) is 128 cm³/mol. The molecule has 0 saturated carbocycles. The lowest BCUT2D eigenvalue weighted by Gasteiger charge is -2.36. The maximum absolute atomic E-state index is 12.9. The molecule has 2 aromatic carbocycles. The summed E-state index contributed by atoms with van der Waals surface area (Å²) in [5, 5.41) is 0. The zero-order valence-electron chi connectivity index (χ0n) is 19.2. The first-order valence-electron chi connectivity index (χ1n) is 11.7. The fourth-order valence-corrected chi connectivity index (χ4v) is 4.91. The Morgan fingerprint density at radius 2 is 1.38 bits per heavy atom. The molecule has 1 unspecified atom stereocenters. The second-order valence-corrected chi connectivity index (χ2v) is 8.96. The summed E-state index contributed by atoms with van der Waals surface area (Å²) in [5.41, 5.74) is 1.27. The van der Waals surface area contributed by atoms with Crippen LogP contribution >= 0.6 is 0 Å². The van der Waals surface area contributed by atoms with Crippen LogP contribution in [0.15, 0.2) is 60.7 Å². The van der Waals surface area contributed by atoms with Crippen molar-refractivity contribution in [1.29, 1.82) is 0 Å². The van der Waals surface area contributed by atoms with Crippen molar-refractivity contribution >= 4 is 17.6 Å². The number of urea groups is 1. The van der Waals surface area contributed by atoms with E-state index < -0.39 is 5.54 Å². The van der Waals surface area contributed by atoms with Gasteiger partial charge in [0.2, 0.25) is 0 Å². The van der Waals surface area contributed by atoms with Gasteiger partial charge in [0.15, 0.2) is 0 Å². The Labute approximate surface area is 191 Å². The smallest absolute Gasteiger partial charge is 0.327 e. The molecule has 2 aliphatic rings. The first-order valence-corrected chi connectivity index (χ1v) is 11.7. The minimum absolute atomic E-state index is 0.148. The van der Waals surface area contributed by atoms with E-state index in [-0.39, 0.29) is 11.9 Å². The van der Waals surface area contributed by atoms with Gasteiger partial charge in [-0.15, -0.1) is 0 Å². The highest BCUT2D eigenvalue weighted by Gasteiger charge is 2.53. The van der Waals surface area contributed by atoms with E-state index >= 15 is 0 Å². The number of benzene rings is 2. The van der Waals surface area contributed by atoms with E-state index in [4.69, 9.17) is 0 Å². The first kappa shape index (κ1) is 22.3. The molecule has 2 aliphatic heterocycles. The summed E-state index contributed by atoms with van der Waals surface area (Å²) in [6.07, 6.45) is 3.06. The summed E-state index contributed by atoms with van der Waals surface area (Å²) in [6.45, 7) is 7.87. The normalized spacial score (nSPS) is 22.1. The van der Waals surface area contributed by atoms with E-state index in [0.717, 1.165) is 57.5 Å². The quantitative estimate of drug-likeness (QED) is 0.469. The molecule has 2 saturated heterocycles. The topological polar surface area (TPSA) is 47.1 Å². The number of hydrogen-bond acceptors (Lipinski definition) is 4. The molecule has 1 atom stereocenters. The standard InChI is InChI=1S/C26H34N4O2/c1-26(22-12-6-3-7-13-22)24(31)27(2)25(32)30(26)17-11-5-10-16-28-18-20-29(21-19-28)23-14-8-4-9-15-23/h3-4,6-9,12-15H,5,10-11,16-21H2,1-2H3. The second kappa shape index (κ2) is 9.74. The van der Waals surface area contributed by atoms with E-state index in [0.29, 0.717) is 6.54 Å². The lowest BCUT2D eigenvalue weighted by molar-refractivity contribution is -0.132. The third-order valence-corrected chi connectivity index (χ3v) is 6.96. The number of hydrogen-bond donors (Lipinski definition) is 0. The molecule has 0 radical (unpaired) electrons. The second-order valence-electron chi connectivity index (χ2n) is 8.96. The van der Waals surface area contributed by atoms with Gasteiger partial charge in [-0.2, -0.15) is 0 Å². The van der Waals surface area contributed by atoms with Gasteiger partial charge in [-0.25, -0.2) is 4.79 Å². The van der Waals surface area contributed by atoms with Crippen LogP contribution in [0.2, 0.25) is 0 Å². The van der Waals surface area contributed by atoms with E-state index in [1.807, 2.05) is 37.3 Å². The van der Waals surface area contributed by atoms with E-state index in [1.54, 1.807) is 11.9 Å². The number of likely N-dealkylation sites (N-methyl/N-ethyl adjacent to an activating group) is 1. The van der Waals surface area contributed by atoms with Gasteiger partial charge in [0, 0.05) is 45.5 Å². The van der Waals surface area contributed by atoms with Crippen molar-refractivity contribution in [2.24, 2.45) is 0 Å². The fourth-order valence-electron chi connectivity index (χ4n) is 4.91.